The van der Waals surface area contributed by atoms with Gasteiger partial charge in [0.25, 0.3) is 5.91 Å². The van der Waals surface area contributed by atoms with E-state index >= 15 is 0 Å². The molecule has 1 aromatic carbocycles. The van der Waals surface area contributed by atoms with Crippen LogP contribution in [-0.2, 0) is 4.79 Å². The van der Waals surface area contributed by atoms with Gasteiger partial charge in [0, 0.05) is 13.2 Å². The number of carbonyl (C=O) groups excluding carboxylic acids is 1. The van der Waals surface area contributed by atoms with Crippen LogP contribution in [0.4, 0.5) is 0 Å². The van der Waals surface area contributed by atoms with Crippen molar-refractivity contribution in [1.29, 1.82) is 0 Å². The lowest BCUT2D eigenvalue weighted by Crippen LogP contribution is -2.33. The molecule has 0 aliphatic rings. The third kappa shape index (κ3) is 3.97. The molecule has 0 radical (unpaired) electrons. The number of benzene rings is 1. The molecule has 0 unspecified atom stereocenters. The predicted molar refractivity (Wildman–Crippen MR) is 83.9 cm³/mol. The molecule has 0 spiro atoms. The van der Waals surface area contributed by atoms with Crippen molar-refractivity contribution in [3.63, 3.8) is 0 Å². The second-order valence-corrected chi connectivity index (χ2v) is 4.93. The highest BCUT2D eigenvalue weighted by atomic mass is 16.5. The molecular formula is C17H20N2O3. The van der Waals surface area contributed by atoms with Gasteiger partial charge in [0.05, 0.1) is 19.3 Å². The number of carbonyl (C=O) groups is 1. The van der Waals surface area contributed by atoms with Gasteiger partial charge in [-0.25, -0.2) is 0 Å². The van der Waals surface area contributed by atoms with Gasteiger partial charge < -0.3 is 14.4 Å². The largest absolute Gasteiger partial charge is 0.497 e. The van der Waals surface area contributed by atoms with Crippen LogP contribution in [0.15, 0.2) is 48.8 Å². The maximum Gasteiger partial charge on any atom is 0.260 e. The van der Waals surface area contributed by atoms with Crippen molar-refractivity contribution in [2.45, 2.75) is 13.0 Å². The van der Waals surface area contributed by atoms with E-state index in [4.69, 9.17) is 9.47 Å². The van der Waals surface area contributed by atoms with Crippen LogP contribution < -0.4 is 9.47 Å². The highest BCUT2D eigenvalue weighted by Crippen LogP contribution is 2.23. The van der Waals surface area contributed by atoms with Crippen LogP contribution in [0.3, 0.4) is 0 Å². The number of amides is 1. The molecule has 0 fully saturated rings. The van der Waals surface area contributed by atoms with Crippen molar-refractivity contribution in [2.24, 2.45) is 0 Å². The summed E-state index contributed by atoms with van der Waals surface area (Å²) >= 11 is 0. The van der Waals surface area contributed by atoms with E-state index in [9.17, 15) is 4.79 Å². The minimum atomic E-state index is -0.0980. The van der Waals surface area contributed by atoms with Crippen LogP contribution in [0.1, 0.15) is 18.5 Å². The topological polar surface area (TPSA) is 51.7 Å². The molecule has 2 aromatic rings. The van der Waals surface area contributed by atoms with Gasteiger partial charge in [0.1, 0.15) is 11.5 Å². The quantitative estimate of drug-likeness (QED) is 0.823. The van der Waals surface area contributed by atoms with Crippen LogP contribution in [-0.4, -0.2) is 36.6 Å². The fraction of sp³-hybridized carbons (Fsp3) is 0.294. The third-order valence-corrected chi connectivity index (χ3v) is 3.55. The predicted octanol–water partition coefficient (Wildman–Crippen LogP) is 2.69. The summed E-state index contributed by atoms with van der Waals surface area (Å²) in [5, 5.41) is 0. The summed E-state index contributed by atoms with van der Waals surface area (Å²) in [6.45, 7) is 1.95. The Morgan fingerprint density at radius 2 is 2.05 bits per heavy atom. The number of nitrogens with zero attached hydrogens (tertiary/aromatic N) is 2. The molecule has 0 saturated carbocycles. The summed E-state index contributed by atoms with van der Waals surface area (Å²) in [5.74, 6) is 1.26. The first-order chi connectivity index (χ1) is 10.6. The lowest BCUT2D eigenvalue weighted by atomic mass is 10.1. The fourth-order valence-electron chi connectivity index (χ4n) is 2.02. The average Bonchev–Trinajstić information content (AvgIpc) is 2.59. The van der Waals surface area contributed by atoms with Crippen molar-refractivity contribution in [3.05, 3.63) is 54.4 Å². The van der Waals surface area contributed by atoms with E-state index in [1.54, 1.807) is 43.6 Å². The smallest absolute Gasteiger partial charge is 0.260 e. The van der Waals surface area contributed by atoms with E-state index in [1.807, 2.05) is 31.2 Å². The molecule has 116 valence electrons. The zero-order valence-corrected chi connectivity index (χ0v) is 13.0. The number of hydrogen-bond acceptors (Lipinski definition) is 4. The lowest BCUT2D eigenvalue weighted by Gasteiger charge is -2.25. The molecule has 2 rings (SSSR count). The molecule has 22 heavy (non-hydrogen) atoms. The van der Waals surface area contributed by atoms with Gasteiger partial charge in [0.2, 0.25) is 0 Å². The Kier molecular flexibility index (Phi) is 5.36. The molecule has 1 atom stereocenters. The van der Waals surface area contributed by atoms with E-state index in [0.717, 1.165) is 11.3 Å². The number of hydrogen-bond donors (Lipinski definition) is 0. The molecule has 5 nitrogen and oxygen atoms in total. The first-order valence-electron chi connectivity index (χ1n) is 7.04. The van der Waals surface area contributed by atoms with Crippen molar-refractivity contribution in [3.8, 4) is 11.5 Å². The average molecular weight is 300 g/mol. The van der Waals surface area contributed by atoms with E-state index in [-0.39, 0.29) is 18.6 Å². The standard InChI is InChI=1S/C17H20N2O3/c1-13(14-6-4-7-15(10-14)21-3)19(2)17(20)12-22-16-8-5-9-18-11-16/h4-11,13H,12H2,1-3H3/t13-/m0/s1. The van der Waals surface area contributed by atoms with Gasteiger partial charge >= 0.3 is 0 Å². The monoisotopic (exact) mass is 300 g/mol. The molecule has 0 aliphatic heterocycles. The molecule has 0 bridgehead atoms. The summed E-state index contributed by atoms with van der Waals surface area (Å²) in [5.41, 5.74) is 1.01. The molecule has 0 aliphatic carbocycles. The van der Waals surface area contributed by atoms with E-state index in [1.165, 1.54) is 0 Å². The van der Waals surface area contributed by atoms with Gasteiger partial charge in [-0.05, 0) is 36.8 Å². The second-order valence-electron chi connectivity index (χ2n) is 4.93. The highest BCUT2D eigenvalue weighted by molar-refractivity contribution is 5.78. The van der Waals surface area contributed by atoms with Gasteiger partial charge in [0.15, 0.2) is 6.61 Å². The van der Waals surface area contributed by atoms with E-state index in [0.29, 0.717) is 5.75 Å². The Morgan fingerprint density at radius 3 is 2.73 bits per heavy atom. The minimum Gasteiger partial charge on any atom is -0.497 e. The van der Waals surface area contributed by atoms with Crippen LogP contribution in [0.2, 0.25) is 0 Å². The normalized spacial score (nSPS) is 11.6. The maximum atomic E-state index is 12.2. The number of pyridine rings is 1. The zero-order valence-electron chi connectivity index (χ0n) is 13.0. The summed E-state index contributed by atoms with van der Waals surface area (Å²) in [7, 11) is 3.39. The number of ether oxygens (including phenoxy) is 2. The molecule has 0 N–H and O–H groups in total. The number of rotatable bonds is 6. The number of methoxy groups -OCH3 is 1. The van der Waals surface area contributed by atoms with Gasteiger partial charge in [-0.3, -0.25) is 9.78 Å². The van der Waals surface area contributed by atoms with Crippen LogP contribution in [0.25, 0.3) is 0 Å². The van der Waals surface area contributed by atoms with Gasteiger partial charge in [-0.2, -0.15) is 0 Å². The van der Waals surface area contributed by atoms with Crippen molar-refractivity contribution in [2.75, 3.05) is 20.8 Å². The van der Waals surface area contributed by atoms with Crippen LogP contribution >= 0.6 is 0 Å². The van der Waals surface area contributed by atoms with E-state index < -0.39 is 0 Å². The minimum absolute atomic E-state index is 0.0174. The second kappa shape index (κ2) is 7.45. The van der Waals surface area contributed by atoms with Gasteiger partial charge in [-0.15, -0.1) is 0 Å². The number of aromatic nitrogens is 1. The van der Waals surface area contributed by atoms with Gasteiger partial charge in [-0.1, -0.05) is 12.1 Å². The maximum absolute atomic E-state index is 12.2. The Balaban J connectivity index is 1.97. The summed E-state index contributed by atoms with van der Waals surface area (Å²) in [4.78, 5) is 17.8. The summed E-state index contributed by atoms with van der Waals surface area (Å²) in [6, 6.07) is 11.2. The molecule has 5 heteroatoms. The van der Waals surface area contributed by atoms with E-state index in [2.05, 4.69) is 4.98 Å². The summed E-state index contributed by atoms with van der Waals surface area (Å²) in [6.07, 6.45) is 3.24. The number of likely N-dealkylation sites (N-methyl/N-ethyl adjacent to an activating group) is 1. The fourth-order valence-corrected chi connectivity index (χ4v) is 2.02. The Morgan fingerprint density at radius 1 is 1.27 bits per heavy atom. The third-order valence-electron chi connectivity index (χ3n) is 3.55. The van der Waals surface area contributed by atoms with Crippen LogP contribution in [0, 0.1) is 0 Å². The highest BCUT2D eigenvalue weighted by Gasteiger charge is 2.18. The SMILES string of the molecule is COc1cccc([C@H](C)N(C)C(=O)COc2cccnc2)c1. The molecule has 1 aromatic heterocycles. The van der Waals surface area contributed by atoms with Crippen LogP contribution in [0.5, 0.6) is 11.5 Å². The Bertz CT molecular complexity index is 616. The summed E-state index contributed by atoms with van der Waals surface area (Å²) < 4.78 is 10.7. The molecule has 1 amide bonds. The van der Waals surface area contributed by atoms with Crippen molar-refractivity contribution in [1.82, 2.24) is 9.88 Å². The molecule has 1 heterocycles. The molecule has 0 saturated heterocycles. The first-order valence-corrected chi connectivity index (χ1v) is 7.04. The first kappa shape index (κ1) is 15.8. The lowest BCUT2D eigenvalue weighted by molar-refractivity contribution is -0.134. The van der Waals surface area contributed by atoms with Crippen molar-refractivity contribution >= 4 is 5.91 Å². The molecular weight excluding hydrogens is 280 g/mol. The zero-order chi connectivity index (χ0) is 15.9. The Labute approximate surface area is 130 Å². The Hall–Kier alpha value is -2.56. The van der Waals surface area contributed by atoms with Crippen molar-refractivity contribution < 1.29 is 14.3 Å².